The van der Waals surface area contributed by atoms with Crippen molar-refractivity contribution in [2.24, 2.45) is 0 Å². The molecule has 0 atom stereocenters. The zero-order valence-electron chi connectivity index (χ0n) is 19.1. The number of H-pyrrole nitrogens is 4. The SMILES string of the molecule is Cc1ncc[nH]1.Cc1ncc[nH]1.Cc1ncc[nH]1.Cc1ncc[nH]1.[O-][Cl+3]([O-])([O-])[O-].[O-][Cl+3]([O-])([O-])[O-].[Zn+2]. The van der Waals surface area contributed by atoms with Crippen molar-refractivity contribution < 1.29 is 77.2 Å². The minimum atomic E-state index is -4.94. The predicted molar refractivity (Wildman–Crippen MR) is 93.3 cm³/mol. The molecule has 192 valence electrons. The third-order valence-corrected chi connectivity index (χ3v) is 2.54. The van der Waals surface area contributed by atoms with Crippen LogP contribution >= 0.6 is 0 Å². The quantitative estimate of drug-likeness (QED) is 0.138. The molecule has 0 aliphatic rings. The molecule has 4 aromatic heterocycles. The van der Waals surface area contributed by atoms with Crippen molar-refractivity contribution in [3.8, 4) is 0 Å². The van der Waals surface area contributed by atoms with Gasteiger partial charge in [0, 0.05) is 49.6 Å². The van der Waals surface area contributed by atoms with Crippen LogP contribution in [-0.4, -0.2) is 39.9 Å². The number of hydrogen-bond acceptors (Lipinski definition) is 12. The number of nitrogens with zero attached hydrogens (tertiary/aromatic N) is 4. The molecule has 0 aromatic carbocycles. The van der Waals surface area contributed by atoms with Crippen LogP contribution in [0, 0.1) is 48.2 Å². The molecule has 0 aliphatic heterocycles. The van der Waals surface area contributed by atoms with E-state index < -0.39 is 20.5 Å². The molecule has 0 saturated carbocycles. The number of nitrogens with one attached hydrogen (secondary N) is 4. The molecule has 16 nitrogen and oxygen atoms in total. The Labute approximate surface area is 217 Å². The van der Waals surface area contributed by atoms with Gasteiger partial charge in [0.05, 0.1) is 0 Å². The fourth-order valence-corrected chi connectivity index (χ4v) is 1.38. The maximum atomic E-state index is 8.49. The summed E-state index contributed by atoms with van der Waals surface area (Å²) in [5.74, 6) is 3.87. The van der Waals surface area contributed by atoms with Gasteiger partial charge in [-0.15, -0.1) is 20.5 Å². The first kappa shape index (κ1) is 37.3. The standard InChI is InChI=1S/4C4H6N2.2ClHO4.Zn/c4*1-4-5-2-3-6-4;2*2-1(3,4)5;/h4*2-3H,1H3,(H,5,6);2*(H,2,3,4,5);/q;;;;;;+2/p-2. The monoisotopic (exact) mass is 590 g/mol. The van der Waals surface area contributed by atoms with Crippen molar-refractivity contribution in [1.29, 1.82) is 0 Å². The van der Waals surface area contributed by atoms with E-state index in [1.54, 1.807) is 49.6 Å². The summed E-state index contributed by atoms with van der Waals surface area (Å²) in [6, 6.07) is 0. The summed E-state index contributed by atoms with van der Waals surface area (Å²) in [6.07, 6.45) is 14.1. The van der Waals surface area contributed by atoms with Gasteiger partial charge in [-0.1, -0.05) is 0 Å². The van der Waals surface area contributed by atoms with Crippen molar-refractivity contribution >= 4 is 0 Å². The van der Waals surface area contributed by atoms with Crippen molar-refractivity contribution in [3.63, 3.8) is 0 Å². The Morgan fingerprint density at radius 3 is 0.629 bits per heavy atom. The van der Waals surface area contributed by atoms with Crippen molar-refractivity contribution in [2.75, 3.05) is 0 Å². The van der Waals surface area contributed by atoms with Crippen LogP contribution < -0.4 is 37.3 Å². The van der Waals surface area contributed by atoms with Crippen LogP contribution in [0.4, 0.5) is 0 Å². The number of halogens is 2. The molecule has 0 aliphatic carbocycles. The Hall–Kier alpha value is -2.28. The van der Waals surface area contributed by atoms with E-state index in [0.29, 0.717) is 0 Å². The van der Waals surface area contributed by atoms with E-state index in [2.05, 4.69) is 39.9 Å². The van der Waals surface area contributed by atoms with Gasteiger partial charge in [0.15, 0.2) is 0 Å². The van der Waals surface area contributed by atoms with Gasteiger partial charge in [-0.25, -0.2) is 57.2 Å². The molecule has 0 radical (unpaired) electrons. The van der Waals surface area contributed by atoms with E-state index in [0.717, 1.165) is 23.3 Å². The van der Waals surface area contributed by atoms with Crippen LogP contribution in [0.25, 0.3) is 0 Å². The van der Waals surface area contributed by atoms with Crippen LogP contribution in [-0.2, 0) is 19.5 Å². The molecule has 0 spiro atoms. The Balaban J connectivity index is -0.000000350. The second-order valence-corrected chi connectivity index (χ2v) is 6.97. The van der Waals surface area contributed by atoms with Gasteiger partial charge in [0.1, 0.15) is 23.3 Å². The summed E-state index contributed by atoms with van der Waals surface area (Å²) in [4.78, 5) is 27.0. The van der Waals surface area contributed by atoms with Crippen LogP contribution in [0.5, 0.6) is 0 Å². The fourth-order valence-electron chi connectivity index (χ4n) is 1.38. The zero-order valence-corrected chi connectivity index (χ0v) is 23.6. The molecule has 0 fully saturated rings. The number of aryl methyl sites for hydroxylation is 4. The van der Waals surface area contributed by atoms with Gasteiger partial charge in [0.2, 0.25) is 0 Å². The summed E-state index contributed by atoms with van der Waals surface area (Å²) >= 11 is 0. The average Bonchev–Trinajstić information content (AvgIpc) is 3.44. The smallest absolute Gasteiger partial charge is 0.349 e. The topological polar surface area (TPSA) is 299 Å². The average molecular weight is 593 g/mol. The Kier molecular flexibility index (Phi) is 22.4. The van der Waals surface area contributed by atoms with Crippen LogP contribution in [0.15, 0.2) is 49.6 Å². The van der Waals surface area contributed by atoms with Crippen LogP contribution in [0.1, 0.15) is 23.3 Å². The molecule has 0 unspecified atom stereocenters. The molecule has 4 rings (SSSR count). The Morgan fingerprint density at radius 1 is 0.457 bits per heavy atom. The normalized spacial score (nSPS) is 9.49. The fraction of sp³-hybridized carbons (Fsp3) is 0.250. The first-order valence-electron chi connectivity index (χ1n) is 8.65. The molecule has 19 heteroatoms. The largest absolute Gasteiger partial charge is 2.00 e. The van der Waals surface area contributed by atoms with Gasteiger partial charge in [0.25, 0.3) is 0 Å². The molecule has 35 heavy (non-hydrogen) atoms. The van der Waals surface area contributed by atoms with Gasteiger partial charge < -0.3 is 19.9 Å². The summed E-state index contributed by atoms with van der Waals surface area (Å²) in [5, 5.41) is 0. The minimum absolute atomic E-state index is 0. The number of aromatic amines is 4. The van der Waals surface area contributed by atoms with E-state index >= 15 is 0 Å². The molecule has 4 heterocycles. The second-order valence-electron chi connectivity index (χ2n) is 5.45. The van der Waals surface area contributed by atoms with E-state index in [4.69, 9.17) is 37.3 Å². The molecule has 0 amide bonds. The van der Waals surface area contributed by atoms with E-state index in [1.807, 2.05) is 27.7 Å². The van der Waals surface area contributed by atoms with E-state index in [-0.39, 0.29) is 19.5 Å². The van der Waals surface area contributed by atoms with E-state index in [9.17, 15) is 0 Å². The van der Waals surface area contributed by atoms with Crippen LogP contribution in [0.2, 0.25) is 0 Å². The second kappa shape index (κ2) is 21.0. The van der Waals surface area contributed by atoms with Crippen LogP contribution in [0.3, 0.4) is 0 Å². The first-order valence-corrected chi connectivity index (χ1v) is 11.1. The molecule has 0 saturated heterocycles. The number of aromatic nitrogens is 8. The summed E-state index contributed by atoms with van der Waals surface area (Å²) < 4.78 is 67.9. The summed E-state index contributed by atoms with van der Waals surface area (Å²) in [7, 11) is -9.89. The molecule has 4 aromatic rings. The third kappa shape index (κ3) is 42.4. The number of imidazole rings is 4. The zero-order chi connectivity index (χ0) is 26.6. The molecule has 0 bridgehead atoms. The Morgan fingerprint density at radius 2 is 0.600 bits per heavy atom. The number of hydrogen-bond donors (Lipinski definition) is 4. The van der Waals surface area contributed by atoms with Gasteiger partial charge in [-0.2, -0.15) is 0 Å². The van der Waals surface area contributed by atoms with E-state index in [1.165, 1.54) is 0 Å². The van der Waals surface area contributed by atoms with Crippen molar-refractivity contribution in [3.05, 3.63) is 72.9 Å². The van der Waals surface area contributed by atoms with Crippen molar-refractivity contribution in [2.45, 2.75) is 27.7 Å². The molecular weight excluding hydrogens is 569 g/mol. The molecular formula is C16H24Cl2N8O8Zn. The van der Waals surface area contributed by atoms with Crippen molar-refractivity contribution in [1.82, 2.24) is 39.9 Å². The molecule has 4 N–H and O–H groups in total. The number of rotatable bonds is 0. The summed E-state index contributed by atoms with van der Waals surface area (Å²) in [5.41, 5.74) is 0. The Bertz CT molecular complexity index is 748. The third-order valence-electron chi connectivity index (χ3n) is 2.54. The summed E-state index contributed by atoms with van der Waals surface area (Å²) in [6.45, 7) is 7.67. The maximum Gasteiger partial charge on any atom is 2.00 e. The van der Waals surface area contributed by atoms with Gasteiger partial charge >= 0.3 is 19.5 Å². The minimum Gasteiger partial charge on any atom is -0.349 e. The van der Waals surface area contributed by atoms with Gasteiger partial charge in [-0.05, 0) is 27.7 Å². The first-order chi connectivity index (χ1) is 15.6. The van der Waals surface area contributed by atoms with Gasteiger partial charge in [-0.3, -0.25) is 0 Å². The predicted octanol–water partition coefficient (Wildman–Crippen LogP) is -6.64. The maximum absolute atomic E-state index is 8.49.